The van der Waals surface area contributed by atoms with Gasteiger partial charge in [0, 0.05) is 29.8 Å². The van der Waals surface area contributed by atoms with Crippen molar-refractivity contribution in [1.82, 2.24) is 25.1 Å². The van der Waals surface area contributed by atoms with E-state index in [2.05, 4.69) is 25.1 Å². The van der Waals surface area contributed by atoms with E-state index >= 15 is 0 Å². The number of nitrogens with two attached hydrogens (primary N) is 1. The number of aromatic nitrogens is 5. The molecule has 0 radical (unpaired) electrons. The highest BCUT2D eigenvalue weighted by molar-refractivity contribution is 5.86. The van der Waals surface area contributed by atoms with E-state index in [0.717, 1.165) is 35.3 Å². The zero-order chi connectivity index (χ0) is 13.1. The molecule has 3 rings (SSSR count). The number of hydrogen-bond acceptors (Lipinski definition) is 5. The maximum absolute atomic E-state index is 5.52. The number of pyridine rings is 1. The summed E-state index contributed by atoms with van der Waals surface area (Å²) in [5.74, 6) is 0. The van der Waals surface area contributed by atoms with Crippen molar-refractivity contribution < 1.29 is 0 Å². The van der Waals surface area contributed by atoms with E-state index in [0.29, 0.717) is 12.2 Å². The Labute approximate surface area is 110 Å². The summed E-state index contributed by atoms with van der Waals surface area (Å²) in [6.45, 7) is 0.671. The predicted octanol–water partition coefficient (Wildman–Crippen LogP) is 1.31. The fraction of sp³-hybridized carbons (Fsp3) is 0.231. The van der Waals surface area contributed by atoms with E-state index in [1.807, 2.05) is 12.1 Å². The van der Waals surface area contributed by atoms with E-state index in [1.165, 1.54) is 0 Å². The molecule has 0 fully saturated rings. The Morgan fingerprint density at radius 3 is 2.89 bits per heavy atom. The second-order valence-corrected chi connectivity index (χ2v) is 4.26. The van der Waals surface area contributed by atoms with Crippen LogP contribution in [0.15, 0.2) is 30.7 Å². The SMILES string of the molecule is NCCCc1cc(-c2[nH]nc3nccnc23)ccn1. The molecule has 0 unspecified atom stereocenters. The van der Waals surface area contributed by atoms with Gasteiger partial charge in [0.05, 0.1) is 5.69 Å². The molecule has 6 nitrogen and oxygen atoms in total. The first-order valence-electron chi connectivity index (χ1n) is 6.19. The van der Waals surface area contributed by atoms with Crippen LogP contribution in [-0.2, 0) is 6.42 Å². The molecule has 6 heteroatoms. The molecule has 0 atom stereocenters. The highest BCUT2D eigenvalue weighted by Gasteiger charge is 2.09. The molecule has 0 amide bonds. The van der Waals surface area contributed by atoms with E-state index in [-0.39, 0.29) is 0 Å². The van der Waals surface area contributed by atoms with Crippen LogP contribution in [0.5, 0.6) is 0 Å². The third kappa shape index (κ3) is 2.30. The molecule has 3 N–H and O–H groups in total. The quantitative estimate of drug-likeness (QED) is 0.732. The summed E-state index contributed by atoms with van der Waals surface area (Å²) in [7, 11) is 0. The maximum atomic E-state index is 5.52. The van der Waals surface area contributed by atoms with Crippen LogP contribution in [0.25, 0.3) is 22.4 Å². The molecule has 0 spiro atoms. The lowest BCUT2D eigenvalue weighted by Crippen LogP contribution is -2.01. The van der Waals surface area contributed by atoms with Gasteiger partial charge in [-0.1, -0.05) is 0 Å². The van der Waals surface area contributed by atoms with Crippen LogP contribution in [0.2, 0.25) is 0 Å². The van der Waals surface area contributed by atoms with Crippen LogP contribution in [0.4, 0.5) is 0 Å². The van der Waals surface area contributed by atoms with Gasteiger partial charge in [-0.25, -0.2) is 9.97 Å². The maximum Gasteiger partial charge on any atom is 0.200 e. The molecule has 3 aromatic heterocycles. The van der Waals surface area contributed by atoms with E-state index in [1.54, 1.807) is 18.6 Å². The third-order valence-corrected chi connectivity index (χ3v) is 2.93. The Balaban J connectivity index is 2.01. The fourth-order valence-electron chi connectivity index (χ4n) is 2.01. The van der Waals surface area contributed by atoms with Crippen molar-refractivity contribution in [2.75, 3.05) is 6.54 Å². The van der Waals surface area contributed by atoms with Crippen molar-refractivity contribution in [1.29, 1.82) is 0 Å². The number of nitrogens with one attached hydrogen (secondary N) is 1. The second kappa shape index (κ2) is 5.11. The number of rotatable bonds is 4. The molecule has 3 aromatic rings. The predicted molar refractivity (Wildman–Crippen MR) is 72.3 cm³/mol. The summed E-state index contributed by atoms with van der Waals surface area (Å²) in [6, 6.07) is 3.98. The van der Waals surface area contributed by atoms with E-state index < -0.39 is 0 Å². The number of hydrogen-bond donors (Lipinski definition) is 2. The van der Waals surface area contributed by atoms with Crippen molar-refractivity contribution in [2.45, 2.75) is 12.8 Å². The van der Waals surface area contributed by atoms with Crippen molar-refractivity contribution in [3.8, 4) is 11.3 Å². The number of H-pyrrole nitrogens is 1. The van der Waals surface area contributed by atoms with Gasteiger partial charge in [0.25, 0.3) is 0 Å². The summed E-state index contributed by atoms with van der Waals surface area (Å²) in [4.78, 5) is 12.8. The summed E-state index contributed by atoms with van der Waals surface area (Å²) in [5, 5.41) is 7.13. The molecule has 96 valence electrons. The van der Waals surface area contributed by atoms with Crippen molar-refractivity contribution in [2.24, 2.45) is 5.73 Å². The van der Waals surface area contributed by atoms with Gasteiger partial charge in [0.1, 0.15) is 5.52 Å². The van der Waals surface area contributed by atoms with E-state index in [4.69, 9.17) is 5.73 Å². The molecule has 0 bridgehead atoms. The highest BCUT2D eigenvalue weighted by Crippen LogP contribution is 2.23. The monoisotopic (exact) mass is 254 g/mol. The molecule has 0 aliphatic carbocycles. The van der Waals surface area contributed by atoms with Crippen LogP contribution in [0.1, 0.15) is 12.1 Å². The topological polar surface area (TPSA) is 93.4 Å². The molecule has 0 saturated heterocycles. The lowest BCUT2D eigenvalue weighted by molar-refractivity contribution is 0.811. The minimum absolute atomic E-state index is 0.623. The normalized spacial score (nSPS) is 11.0. The molecule has 19 heavy (non-hydrogen) atoms. The summed E-state index contributed by atoms with van der Waals surface area (Å²) in [5.41, 5.74) is 9.84. The standard InChI is InChI=1S/C13H14N6/c14-4-1-2-10-8-9(3-5-15-10)11-12-13(19-18-11)17-7-6-16-12/h3,5-8H,1-2,4,14H2,(H,17,18,19). The van der Waals surface area contributed by atoms with Gasteiger partial charge in [-0.15, -0.1) is 0 Å². The molecule has 0 aliphatic rings. The summed E-state index contributed by atoms with van der Waals surface area (Å²) >= 11 is 0. The minimum Gasteiger partial charge on any atom is -0.330 e. The molecule has 3 heterocycles. The Kier molecular flexibility index (Phi) is 3.16. The second-order valence-electron chi connectivity index (χ2n) is 4.26. The number of aromatic amines is 1. The van der Waals surface area contributed by atoms with Crippen LogP contribution in [-0.4, -0.2) is 31.7 Å². The largest absolute Gasteiger partial charge is 0.330 e. The third-order valence-electron chi connectivity index (χ3n) is 2.93. The zero-order valence-electron chi connectivity index (χ0n) is 10.4. The van der Waals surface area contributed by atoms with Gasteiger partial charge in [-0.05, 0) is 31.5 Å². The molecule has 0 aromatic carbocycles. The molecular weight excluding hydrogens is 240 g/mol. The van der Waals surface area contributed by atoms with Crippen molar-refractivity contribution in [3.05, 3.63) is 36.4 Å². The lowest BCUT2D eigenvalue weighted by atomic mass is 10.1. The van der Waals surface area contributed by atoms with Gasteiger partial charge >= 0.3 is 0 Å². The van der Waals surface area contributed by atoms with Gasteiger partial charge < -0.3 is 5.73 Å². The number of aryl methyl sites for hydroxylation is 1. The molecule has 0 aliphatic heterocycles. The highest BCUT2D eigenvalue weighted by atomic mass is 15.2. The molecule has 0 saturated carbocycles. The van der Waals surface area contributed by atoms with Crippen molar-refractivity contribution in [3.63, 3.8) is 0 Å². The smallest absolute Gasteiger partial charge is 0.200 e. The Morgan fingerprint density at radius 1 is 1.11 bits per heavy atom. The first kappa shape index (κ1) is 11.7. The Hall–Kier alpha value is -2.34. The van der Waals surface area contributed by atoms with Gasteiger partial charge in [-0.2, -0.15) is 5.10 Å². The van der Waals surface area contributed by atoms with Crippen molar-refractivity contribution >= 4 is 11.2 Å². The van der Waals surface area contributed by atoms with Crippen LogP contribution in [0.3, 0.4) is 0 Å². The van der Waals surface area contributed by atoms with Crippen LogP contribution < -0.4 is 5.73 Å². The fourth-order valence-corrected chi connectivity index (χ4v) is 2.01. The van der Waals surface area contributed by atoms with Gasteiger partial charge in [0.2, 0.25) is 0 Å². The molecular formula is C13H14N6. The first-order chi connectivity index (χ1) is 9.38. The number of fused-ring (bicyclic) bond motifs is 1. The Bertz CT molecular complexity index is 690. The van der Waals surface area contributed by atoms with Gasteiger partial charge in [-0.3, -0.25) is 10.1 Å². The zero-order valence-corrected chi connectivity index (χ0v) is 10.4. The van der Waals surface area contributed by atoms with Gasteiger partial charge in [0.15, 0.2) is 5.65 Å². The summed E-state index contributed by atoms with van der Waals surface area (Å²) in [6.07, 6.45) is 6.90. The first-order valence-corrected chi connectivity index (χ1v) is 6.19. The van der Waals surface area contributed by atoms with Crippen LogP contribution >= 0.6 is 0 Å². The number of nitrogens with zero attached hydrogens (tertiary/aromatic N) is 4. The van der Waals surface area contributed by atoms with E-state index in [9.17, 15) is 0 Å². The lowest BCUT2D eigenvalue weighted by Gasteiger charge is -2.02. The average molecular weight is 254 g/mol. The summed E-state index contributed by atoms with van der Waals surface area (Å²) < 4.78 is 0. The minimum atomic E-state index is 0.623. The average Bonchev–Trinajstić information content (AvgIpc) is 2.89. The Morgan fingerprint density at radius 2 is 2.00 bits per heavy atom. The van der Waals surface area contributed by atoms with Crippen LogP contribution in [0, 0.1) is 0 Å².